The molecule has 0 radical (unpaired) electrons. The summed E-state index contributed by atoms with van der Waals surface area (Å²) in [5.74, 6) is -0.0434. The van der Waals surface area contributed by atoms with Crippen molar-refractivity contribution in [1.82, 2.24) is 4.90 Å². The summed E-state index contributed by atoms with van der Waals surface area (Å²) in [6, 6.07) is 0. The largest absolute Gasteiger partial charge is 0.390 e. The summed E-state index contributed by atoms with van der Waals surface area (Å²) in [4.78, 5) is 14.4. The second-order valence-electron chi connectivity index (χ2n) is 3.64. The first-order valence-electron chi connectivity index (χ1n) is 5.02. The van der Waals surface area contributed by atoms with Gasteiger partial charge in [-0.05, 0) is 6.92 Å². The van der Waals surface area contributed by atoms with Crippen LogP contribution in [0.25, 0.3) is 0 Å². The number of ether oxygens (including phenoxy) is 1. The maximum atomic E-state index is 12.1. The average molecular weight is 261 g/mol. The number of nitrogen functional groups attached to an aromatic ring is 1. The fourth-order valence-corrected chi connectivity index (χ4v) is 2.85. The number of halogens is 1. The minimum atomic E-state index is -0.0434. The second-order valence-corrected chi connectivity index (χ2v) is 5.07. The van der Waals surface area contributed by atoms with Gasteiger partial charge in [0.1, 0.15) is 4.88 Å². The summed E-state index contributed by atoms with van der Waals surface area (Å²) in [7, 11) is 0. The van der Waals surface area contributed by atoms with Crippen LogP contribution in [0.3, 0.4) is 0 Å². The fourth-order valence-electron chi connectivity index (χ4n) is 1.56. The highest BCUT2D eigenvalue weighted by Crippen LogP contribution is 2.35. The molecule has 6 heteroatoms. The molecule has 2 heterocycles. The van der Waals surface area contributed by atoms with E-state index in [4.69, 9.17) is 22.1 Å². The standard InChI is InChI=1S/C10H13ClN2O2S/c1-6-7(11)8(16-9(6)12)10(14)13-2-4-15-5-3-13/h2-5,12H2,1H3. The summed E-state index contributed by atoms with van der Waals surface area (Å²) in [5.41, 5.74) is 6.54. The molecule has 1 aliphatic heterocycles. The van der Waals surface area contributed by atoms with Crippen LogP contribution in [-0.4, -0.2) is 37.1 Å². The zero-order chi connectivity index (χ0) is 11.7. The van der Waals surface area contributed by atoms with Crippen LogP contribution in [0.2, 0.25) is 5.02 Å². The van der Waals surface area contributed by atoms with Crippen LogP contribution in [0.15, 0.2) is 0 Å². The number of anilines is 1. The molecule has 4 nitrogen and oxygen atoms in total. The van der Waals surface area contributed by atoms with Gasteiger partial charge in [-0.15, -0.1) is 11.3 Å². The van der Waals surface area contributed by atoms with Crippen LogP contribution in [0.4, 0.5) is 5.00 Å². The van der Waals surface area contributed by atoms with Crippen molar-refractivity contribution in [2.75, 3.05) is 32.0 Å². The lowest BCUT2D eigenvalue weighted by atomic mass is 10.3. The lowest BCUT2D eigenvalue weighted by Crippen LogP contribution is -2.40. The molecule has 2 N–H and O–H groups in total. The lowest BCUT2D eigenvalue weighted by Gasteiger charge is -2.26. The Morgan fingerprint density at radius 2 is 2.12 bits per heavy atom. The maximum absolute atomic E-state index is 12.1. The number of hydrogen-bond acceptors (Lipinski definition) is 4. The first-order valence-corrected chi connectivity index (χ1v) is 6.22. The van der Waals surface area contributed by atoms with Crippen molar-refractivity contribution in [3.8, 4) is 0 Å². The van der Waals surface area contributed by atoms with Crippen molar-refractivity contribution in [3.63, 3.8) is 0 Å². The molecule has 16 heavy (non-hydrogen) atoms. The minimum absolute atomic E-state index is 0.0434. The zero-order valence-electron chi connectivity index (χ0n) is 8.96. The molecule has 0 bridgehead atoms. The highest BCUT2D eigenvalue weighted by Gasteiger charge is 2.24. The Labute approximate surface area is 103 Å². The maximum Gasteiger partial charge on any atom is 0.265 e. The van der Waals surface area contributed by atoms with Crippen molar-refractivity contribution in [2.24, 2.45) is 0 Å². The van der Waals surface area contributed by atoms with Gasteiger partial charge in [0.05, 0.1) is 23.2 Å². The summed E-state index contributed by atoms with van der Waals surface area (Å²) in [5, 5.41) is 1.10. The van der Waals surface area contributed by atoms with Crippen LogP contribution in [0.5, 0.6) is 0 Å². The van der Waals surface area contributed by atoms with E-state index in [-0.39, 0.29) is 5.91 Å². The van der Waals surface area contributed by atoms with E-state index in [9.17, 15) is 4.79 Å². The van der Waals surface area contributed by atoms with Gasteiger partial charge in [0.25, 0.3) is 5.91 Å². The van der Waals surface area contributed by atoms with Gasteiger partial charge in [0.15, 0.2) is 0 Å². The number of nitrogens with two attached hydrogens (primary N) is 1. The number of morpholine rings is 1. The van der Waals surface area contributed by atoms with Gasteiger partial charge >= 0.3 is 0 Å². The Morgan fingerprint density at radius 3 is 2.62 bits per heavy atom. The summed E-state index contributed by atoms with van der Waals surface area (Å²) in [6.07, 6.45) is 0. The topological polar surface area (TPSA) is 55.6 Å². The van der Waals surface area contributed by atoms with Gasteiger partial charge in [0.2, 0.25) is 0 Å². The second kappa shape index (κ2) is 4.61. The Bertz CT molecular complexity index is 413. The molecule has 0 spiro atoms. The Balaban J connectivity index is 2.22. The van der Waals surface area contributed by atoms with Crippen LogP contribution in [-0.2, 0) is 4.74 Å². The summed E-state index contributed by atoms with van der Waals surface area (Å²) < 4.78 is 5.20. The van der Waals surface area contributed by atoms with Crippen molar-refractivity contribution in [1.29, 1.82) is 0 Å². The first kappa shape index (κ1) is 11.7. The van der Waals surface area contributed by atoms with Gasteiger partial charge in [0, 0.05) is 18.7 Å². The SMILES string of the molecule is Cc1c(N)sc(C(=O)N2CCOCC2)c1Cl. The molecule has 0 aromatic carbocycles. The highest BCUT2D eigenvalue weighted by molar-refractivity contribution is 7.18. The molecule has 0 aliphatic carbocycles. The number of carbonyl (C=O) groups is 1. The van der Waals surface area contributed by atoms with E-state index in [1.54, 1.807) is 4.90 Å². The molecule has 1 aliphatic rings. The molecule has 88 valence electrons. The molecule has 1 saturated heterocycles. The molecule has 0 unspecified atom stereocenters. The van der Waals surface area contributed by atoms with Gasteiger partial charge in [-0.25, -0.2) is 0 Å². The molecular weight excluding hydrogens is 248 g/mol. The molecule has 0 atom stereocenters. The monoisotopic (exact) mass is 260 g/mol. The Morgan fingerprint density at radius 1 is 1.50 bits per heavy atom. The van der Waals surface area contributed by atoms with E-state index < -0.39 is 0 Å². The average Bonchev–Trinajstić information content (AvgIpc) is 2.57. The smallest absolute Gasteiger partial charge is 0.265 e. The normalized spacial score (nSPS) is 16.5. The number of carbonyl (C=O) groups excluding carboxylic acids is 1. The van der Waals surface area contributed by atoms with E-state index in [2.05, 4.69) is 0 Å². The van der Waals surface area contributed by atoms with E-state index >= 15 is 0 Å². The third-order valence-corrected chi connectivity index (χ3v) is 4.30. The van der Waals surface area contributed by atoms with Crippen molar-refractivity contribution in [2.45, 2.75) is 6.92 Å². The zero-order valence-corrected chi connectivity index (χ0v) is 10.5. The molecule has 1 amide bonds. The minimum Gasteiger partial charge on any atom is -0.390 e. The number of thiophene rings is 1. The highest BCUT2D eigenvalue weighted by atomic mass is 35.5. The predicted molar refractivity (Wildman–Crippen MR) is 65.2 cm³/mol. The van der Waals surface area contributed by atoms with E-state index in [0.29, 0.717) is 41.2 Å². The van der Waals surface area contributed by atoms with Gasteiger partial charge < -0.3 is 15.4 Å². The van der Waals surface area contributed by atoms with Crippen LogP contribution >= 0.6 is 22.9 Å². The quantitative estimate of drug-likeness (QED) is 0.837. The molecule has 0 saturated carbocycles. The predicted octanol–water partition coefficient (Wildman–Crippen LogP) is 1.76. The molecule has 1 aromatic rings. The third-order valence-electron chi connectivity index (χ3n) is 2.60. The van der Waals surface area contributed by atoms with Crippen LogP contribution in [0, 0.1) is 6.92 Å². The Hall–Kier alpha value is -0.780. The number of amides is 1. The van der Waals surface area contributed by atoms with Crippen molar-refractivity contribution < 1.29 is 9.53 Å². The molecule has 1 aromatic heterocycles. The van der Waals surface area contributed by atoms with Crippen LogP contribution < -0.4 is 5.73 Å². The molecule has 1 fully saturated rings. The van der Waals surface area contributed by atoms with Crippen molar-refractivity contribution >= 4 is 33.8 Å². The third kappa shape index (κ3) is 2.03. The van der Waals surface area contributed by atoms with E-state index in [1.165, 1.54) is 11.3 Å². The van der Waals surface area contributed by atoms with Crippen LogP contribution in [0.1, 0.15) is 15.2 Å². The fraction of sp³-hybridized carbons (Fsp3) is 0.500. The first-order chi connectivity index (χ1) is 7.61. The van der Waals surface area contributed by atoms with Crippen molar-refractivity contribution in [3.05, 3.63) is 15.5 Å². The van der Waals surface area contributed by atoms with Gasteiger partial charge in [-0.1, -0.05) is 11.6 Å². The molecule has 2 rings (SSSR count). The lowest BCUT2D eigenvalue weighted by molar-refractivity contribution is 0.0306. The number of nitrogens with zero attached hydrogens (tertiary/aromatic N) is 1. The van der Waals surface area contributed by atoms with E-state index in [0.717, 1.165) is 5.56 Å². The van der Waals surface area contributed by atoms with Gasteiger partial charge in [-0.2, -0.15) is 0 Å². The Kier molecular flexibility index (Phi) is 3.37. The summed E-state index contributed by atoms with van der Waals surface area (Å²) >= 11 is 7.34. The molecular formula is C10H13ClN2O2S. The number of hydrogen-bond donors (Lipinski definition) is 1. The number of rotatable bonds is 1. The van der Waals surface area contributed by atoms with Gasteiger partial charge in [-0.3, -0.25) is 4.79 Å². The summed E-state index contributed by atoms with van der Waals surface area (Å²) in [6.45, 7) is 4.23. The van der Waals surface area contributed by atoms with E-state index in [1.807, 2.05) is 6.92 Å².